The van der Waals surface area contributed by atoms with Crippen LogP contribution in [-0.2, 0) is 0 Å². The van der Waals surface area contributed by atoms with Gasteiger partial charge in [-0.05, 0) is 24.3 Å². The lowest BCUT2D eigenvalue weighted by atomic mass is 10.2. The van der Waals surface area contributed by atoms with Crippen molar-refractivity contribution in [2.45, 2.75) is 0 Å². The first kappa shape index (κ1) is 10.9. The third kappa shape index (κ3) is 1.76. The number of aromatic amines is 1. The Morgan fingerprint density at radius 3 is 2.70 bits per heavy atom. The number of hydrogen-bond acceptors (Lipinski definition) is 4. The van der Waals surface area contributed by atoms with Gasteiger partial charge in [0.1, 0.15) is 5.69 Å². The second-order valence-electron chi connectivity index (χ2n) is 4.43. The Kier molecular flexibility index (Phi) is 2.35. The van der Waals surface area contributed by atoms with Gasteiger partial charge < -0.3 is 9.51 Å². The molecule has 96 valence electrons. The Hall–Kier alpha value is -2.95. The maximum Gasteiger partial charge on any atom is 0.274 e. The maximum atomic E-state index is 5.32. The van der Waals surface area contributed by atoms with Crippen molar-refractivity contribution in [3.8, 4) is 23.0 Å². The van der Waals surface area contributed by atoms with E-state index in [2.05, 4.69) is 20.1 Å². The fourth-order valence-corrected chi connectivity index (χ4v) is 2.14. The molecule has 4 rings (SSSR count). The van der Waals surface area contributed by atoms with Gasteiger partial charge in [-0.25, -0.2) is 0 Å². The number of H-pyrrole nitrogens is 1. The van der Waals surface area contributed by atoms with Crippen molar-refractivity contribution in [3.05, 3.63) is 54.9 Å². The van der Waals surface area contributed by atoms with E-state index >= 15 is 0 Å². The van der Waals surface area contributed by atoms with Gasteiger partial charge in [0.15, 0.2) is 0 Å². The van der Waals surface area contributed by atoms with Crippen molar-refractivity contribution < 1.29 is 4.52 Å². The van der Waals surface area contributed by atoms with Crippen LogP contribution in [0, 0.1) is 0 Å². The molecule has 4 aromatic rings. The van der Waals surface area contributed by atoms with Gasteiger partial charge in [0.25, 0.3) is 5.89 Å². The third-order valence-corrected chi connectivity index (χ3v) is 3.12. The standard InChI is InChI=1S/C15H10N4O/c1-2-4-12-11(3-1)9-13(17-12)15-18-14(19-20-15)10-5-7-16-8-6-10/h1-9,17H. The van der Waals surface area contributed by atoms with Crippen LogP contribution in [0.1, 0.15) is 0 Å². The summed E-state index contributed by atoms with van der Waals surface area (Å²) in [7, 11) is 0. The average Bonchev–Trinajstić information content (AvgIpc) is 3.14. The van der Waals surface area contributed by atoms with Gasteiger partial charge in [-0.2, -0.15) is 4.98 Å². The van der Waals surface area contributed by atoms with Crippen molar-refractivity contribution in [2.75, 3.05) is 0 Å². The molecule has 0 atom stereocenters. The zero-order chi connectivity index (χ0) is 13.4. The number of benzene rings is 1. The van der Waals surface area contributed by atoms with Crippen LogP contribution in [0.2, 0.25) is 0 Å². The highest BCUT2D eigenvalue weighted by atomic mass is 16.5. The lowest BCUT2D eigenvalue weighted by Crippen LogP contribution is -1.81. The minimum Gasteiger partial charge on any atom is -0.351 e. The molecule has 3 heterocycles. The summed E-state index contributed by atoms with van der Waals surface area (Å²) in [5.41, 5.74) is 2.75. The van der Waals surface area contributed by atoms with Crippen LogP contribution in [-0.4, -0.2) is 20.1 Å². The van der Waals surface area contributed by atoms with E-state index in [0.717, 1.165) is 22.2 Å². The van der Waals surface area contributed by atoms with Crippen molar-refractivity contribution in [1.29, 1.82) is 0 Å². The molecule has 0 unspecified atom stereocenters. The first-order valence-corrected chi connectivity index (χ1v) is 6.22. The number of aromatic nitrogens is 4. The minimum atomic E-state index is 0.480. The summed E-state index contributed by atoms with van der Waals surface area (Å²) in [6.45, 7) is 0. The van der Waals surface area contributed by atoms with E-state index in [1.165, 1.54) is 0 Å². The molecule has 0 radical (unpaired) electrons. The van der Waals surface area contributed by atoms with E-state index in [1.54, 1.807) is 12.4 Å². The summed E-state index contributed by atoms with van der Waals surface area (Å²) >= 11 is 0. The molecule has 5 heteroatoms. The summed E-state index contributed by atoms with van der Waals surface area (Å²) in [6.07, 6.45) is 3.41. The molecule has 1 N–H and O–H groups in total. The number of pyridine rings is 1. The molecule has 5 nitrogen and oxygen atoms in total. The van der Waals surface area contributed by atoms with Crippen LogP contribution in [0.3, 0.4) is 0 Å². The number of nitrogens with one attached hydrogen (secondary N) is 1. The zero-order valence-electron chi connectivity index (χ0n) is 10.4. The largest absolute Gasteiger partial charge is 0.351 e. The Morgan fingerprint density at radius 2 is 1.85 bits per heavy atom. The summed E-state index contributed by atoms with van der Waals surface area (Å²) in [6, 6.07) is 13.7. The van der Waals surface area contributed by atoms with Gasteiger partial charge in [0, 0.05) is 28.9 Å². The van der Waals surface area contributed by atoms with Crippen LogP contribution in [0.15, 0.2) is 59.4 Å². The monoisotopic (exact) mass is 262 g/mol. The molecule has 0 aliphatic carbocycles. The minimum absolute atomic E-state index is 0.480. The molecule has 20 heavy (non-hydrogen) atoms. The number of hydrogen-bond donors (Lipinski definition) is 1. The van der Waals surface area contributed by atoms with Crippen molar-refractivity contribution in [3.63, 3.8) is 0 Å². The van der Waals surface area contributed by atoms with E-state index < -0.39 is 0 Å². The zero-order valence-corrected chi connectivity index (χ0v) is 10.4. The lowest BCUT2D eigenvalue weighted by Gasteiger charge is -1.89. The second-order valence-corrected chi connectivity index (χ2v) is 4.43. The normalized spacial score (nSPS) is 11.0. The highest BCUT2D eigenvalue weighted by molar-refractivity contribution is 5.84. The van der Waals surface area contributed by atoms with Crippen LogP contribution in [0.5, 0.6) is 0 Å². The fraction of sp³-hybridized carbons (Fsp3) is 0. The molecule has 0 aliphatic heterocycles. The number of para-hydroxylation sites is 1. The van der Waals surface area contributed by atoms with Gasteiger partial charge in [-0.3, -0.25) is 4.98 Å². The van der Waals surface area contributed by atoms with Gasteiger partial charge in [0.05, 0.1) is 0 Å². The molecular weight excluding hydrogens is 252 g/mol. The Bertz CT molecular complexity index is 831. The Morgan fingerprint density at radius 1 is 1.00 bits per heavy atom. The number of fused-ring (bicyclic) bond motifs is 1. The van der Waals surface area contributed by atoms with Gasteiger partial charge in [0.2, 0.25) is 5.82 Å². The van der Waals surface area contributed by atoms with Crippen LogP contribution < -0.4 is 0 Å². The number of rotatable bonds is 2. The van der Waals surface area contributed by atoms with E-state index in [1.807, 2.05) is 42.5 Å². The summed E-state index contributed by atoms with van der Waals surface area (Å²) in [5.74, 6) is 1.04. The molecule has 0 spiro atoms. The van der Waals surface area contributed by atoms with Crippen molar-refractivity contribution in [1.82, 2.24) is 20.1 Å². The van der Waals surface area contributed by atoms with Crippen LogP contribution in [0.25, 0.3) is 33.9 Å². The van der Waals surface area contributed by atoms with Crippen molar-refractivity contribution >= 4 is 10.9 Å². The van der Waals surface area contributed by atoms with Crippen LogP contribution in [0.4, 0.5) is 0 Å². The summed E-state index contributed by atoms with van der Waals surface area (Å²) in [4.78, 5) is 11.6. The molecule has 0 amide bonds. The van der Waals surface area contributed by atoms with Crippen LogP contribution >= 0.6 is 0 Å². The highest BCUT2D eigenvalue weighted by Gasteiger charge is 2.12. The van der Waals surface area contributed by atoms with Gasteiger partial charge in [-0.15, -0.1) is 0 Å². The Labute approximate surface area is 114 Å². The highest BCUT2D eigenvalue weighted by Crippen LogP contribution is 2.24. The SMILES string of the molecule is c1ccc2[nH]c(-c3nc(-c4ccncc4)no3)cc2c1. The third-order valence-electron chi connectivity index (χ3n) is 3.12. The van der Waals surface area contributed by atoms with E-state index in [4.69, 9.17) is 4.52 Å². The van der Waals surface area contributed by atoms with Gasteiger partial charge >= 0.3 is 0 Å². The predicted octanol–water partition coefficient (Wildman–Crippen LogP) is 3.28. The van der Waals surface area contributed by atoms with Crippen molar-refractivity contribution in [2.24, 2.45) is 0 Å². The molecule has 0 saturated heterocycles. The topological polar surface area (TPSA) is 67.6 Å². The smallest absolute Gasteiger partial charge is 0.274 e. The maximum absolute atomic E-state index is 5.32. The number of nitrogens with zero attached hydrogens (tertiary/aromatic N) is 3. The lowest BCUT2D eigenvalue weighted by molar-refractivity contribution is 0.431. The molecule has 0 bridgehead atoms. The molecule has 0 aliphatic rings. The molecule has 0 saturated carbocycles. The van der Waals surface area contributed by atoms with E-state index in [9.17, 15) is 0 Å². The quantitative estimate of drug-likeness (QED) is 0.602. The second kappa shape index (κ2) is 4.31. The van der Waals surface area contributed by atoms with Gasteiger partial charge in [-0.1, -0.05) is 23.4 Å². The Balaban J connectivity index is 1.78. The summed E-state index contributed by atoms with van der Waals surface area (Å²) in [5, 5.41) is 5.12. The predicted molar refractivity (Wildman–Crippen MR) is 74.8 cm³/mol. The first-order valence-electron chi connectivity index (χ1n) is 6.22. The fourth-order valence-electron chi connectivity index (χ4n) is 2.14. The summed E-state index contributed by atoms with van der Waals surface area (Å²) < 4.78 is 5.32. The molecular formula is C15H10N4O. The first-order chi connectivity index (χ1) is 9.90. The molecule has 3 aromatic heterocycles. The average molecular weight is 262 g/mol. The molecule has 1 aromatic carbocycles. The van der Waals surface area contributed by atoms with E-state index in [-0.39, 0.29) is 0 Å². The molecule has 0 fully saturated rings. The van der Waals surface area contributed by atoms with E-state index in [0.29, 0.717) is 11.7 Å².